The molecule has 2 rings (SSSR count). The molecule has 2 saturated heterocycles. The van der Waals surface area contributed by atoms with Crippen molar-refractivity contribution in [1.29, 1.82) is 0 Å². The molecule has 0 aromatic heterocycles. The molecular weight excluding hydrogens is 306 g/mol. The number of carbonyl (C=O) groups excluding carboxylic acids is 1. The summed E-state index contributed by atoms with van der Waals surface area (Å²) in [5.74, 6) is -0.0592. The van der Waals surface area contributed by atoms with E-state index in [1.165, 1.54) is 4.31 Å². The molecule has 1 atom stereocenters. The van der Waals surface area contributed by atoms with Gasteiger partial charge >= 0.3 is 0 Å². The van der Waals surface area contributed by atoms with Crippen molar-refractivity contribution in [3.8, 4) is 0 Å². The SMILES string of the molecule is CCN1CC(S(=O)(=O)N2CCC(OCCCN)CC2)CC1=O. The zero-order valence-electron chi connectivity index (χ0n) is 13.2. The van der Waals surface area contributed by atoms with Crippen molar-refractivity contribution < 1.29 is 17.9 Å². The highest BCUT2D eigenvalue weighted by Gasteiger charge is 2.41. The molecule has 128 valence electrons. The molecule has 0 radical (unpaired) electrons. The van der Waals surface area contributed by atoms with Gasteiger partial charge in [0.15, 0.2) is 0 Å². The molecule has 0 saturated carbocycles. The van der Waals surface area contributed by atoms with Gasteiger partial charge in [-0.05, 0) is 32.7 Å². The van der Waals surface area contributed by atoms with Crippen molar-refractivity contribution in [2.45, 2.75) is 44.0 Å². The van der Waals surface area contributed by atoms with Crippen LogP contribution in [-0.2, 0) is 19.6 Å². The maximum atomic E-state index is 12.7. The van der Waals surface area contributed by atoms with Crippen molar-refractivity contribution >= 4 is 15.9 Å². The molecule has 2 fully saturated rings. The first kappa shape index (κ1) is 17.7. The van der Waals surface area contributed by atoms with Crippen molar-refractivity contribution in [2.24, 2.45) is 5.73 Å². The van der Waals surface area contributed by atoms with Crippen molar-refractivity contribution in [3.05, 3.63) is 0 Å². The van der Waals surface area contributed by atoms with Gasteiger partial charge in [0, 0.05) is 39.2 Å². The number of amides is 1. The van der Waals surface area contributed by atoms with Crippen LogP contribution in [0.15, 0.2) is 0 Å². The number of hydrogen-bond acceptors (Lipinski definition) is 5. The van der Waals surface area contributed by atoms with Gasteiger partial charge in [0.2, 0.25) is 15.9 Å². The third kappa shape index (κ3) is 3.98. The fourth-order valence-electron chi connectivity index (χ4n) is 3.04. The Hall–Kier alpha value is -0.700. The van der Waals surface area contributed by atoms with Crippen molar-refractivity contribution in [2.75, 3.05) is 39.3 Å². The van der Waals surface area contributed by atoms with E-state index in [1.807, 2.05) is 6.92 Å². The van der Waals surface area contributed by atoms with Gasteiger partial charge in [0.1, 0.15) is 5.25 Å². The van der Waals surface area contributed by atoms with Crippen molar-refractivity contribution in [1.82, 2.24) is 9.21 Å². The van der Waals surface area contributed by atoms with Crippen LogP contribution >= 0.6 is 0 Å². The van der Waals surface area contributed by atoms with E-state index >= 15 is 0 Å². The monoisotopic (exact) mass is 333 g/mol. The maximum absolute atomic E-state index is 12.7. The van der Waals surface area contributed by atoms with E-state index in [0.29, 0.717) is 52.2 Å². The molecule has 0 aromatic carbocycles. The Morgan fingerprint density at radius 3 is 2.55 bits per heavy atom. The molecule has 2 N–H and O–H groups in total. The van der Waals surface area contributed by atoms with Crippen molar-refractivity contribution in [3.63, 3.8) is 0 Å². The van der Waals surface area contributed by atoms with Crippen LogP contribution in [0.3, 0.4) is 0 Å². The quantitative estimate of drug-likeness (QED) is 0.650. The lowest BCUT2D eigenvalue weighted by atomic mass is 10.1. The predicted octanol–water partition coefficient (Wildman–Crippen LogP) is -0.233. The second-order valence-electron chi connectivity index (χ2n) is 5.91. The molecule has 22 heavy (non-hydrogen) atoms. The molecule has 2 heterocycles. The zero-order chi connectivity index (χ0) is 16.2. The van der Waals surface area contributed by atoms with Crippen LogP contribution in [0.1, 0.15) is 32.6 Å². The fraction of sp³-hybridized carbons (Fsp3) is 0.929. The minimum absolute atomic E-state index is 0.0592. The van der Waals surface area contributed by atoms with Gasteiger partial charge in [-0.15, -0.1) is 0 Å². The topological polar surface area (TPSA) is 92.9 Å². The van der Waals surface area contributed by atoms with Crippen LogP contribution in [0.5, 0.6) is 0 Å². The normalized spacial score (nSPS) is 25.1. The Morgan fingerprint density at radius 1 is 1.32 bits per heavy atom. The van der Waals surface area contributed by atoms with Crippen LogP contribution in [0.4, 0.5) is 0 Å². The minimum atomic E-state index is -3.39. The number of rotatable bonds is 7. The fourth-order valence-corrected chi connectivity index (χ4v) is 4.90. The number of nitrogens with zero attached hydrogens (tertiary/aromatic N) is 2. The molecule has 7 nitrogen and oxygen atoms in total. The summed E-state index contributed by atoms with van der Waals surface area (Å²) in [6.07, 6.45) is 2.48. The number of nitrogens with two attached hydrogens (primary N) is 1. The maximum Gasteiger partial charge on any atom is 0.224 e. The Morgan fingerprint density at radius 2 is 2.00 bits per heavy atom. The molecule has 8 heteroatoms. The van der Waals surface area contributed by atoms with Gasteiger partial charge in [0.05, 0.1) is 6.10 Å². The van der Waals surface area contributed by atoms with Gasteiger partial charge in [-0.25, -0.2) is 12.7 Å². The lowest BCUT2D eigenvalue weighted by Crippen LogP contribution is -2.45. The molecule has 2 aliphatic heterocycles. The molecular formula is C14H27N3O4S. The van der Waals surface area contributed by atoms with Gasteiger partial charge in [-0.1, -0.05) is 0 Å². The first-order valence-electron chi connectivity index (χ1n) is 8.07. The highest BCUT2D eigenvalue weighted by molar-refractivity contribution is 7.89. The van der Waals surface area contributed by atoms with E-state index in [1.54, 1.807) is 4.90 Å². The molecule has 0 bridgehead atoms. The number of hydrogen-bond donors (Lipinski definition) is 1. The lowest BCUT2D eigenvalue weighted by molar-refractivity contribution is -0.127. The van der Waals surface area contributed by atoms with E-state index in [0.717, 1.165) is 6.42 Å². The number of piperidine rings is 1. The number of sulfonamides is 1. The summed E-state index contributed by atoms with van der Waals surface area (Å²) in [5.41, 5.74) is 5.43. The van der Waals surface area contributed by atoms with Crippen LogP contribution in [0.25, 0.3) is 0 Å². The molecule has 1 amide bonds. The van der Waals surface area contributed by atoms with Crippen LogP contribution < -0.4 is 5.73 Å². The third-order valence-corrected chi connectivity index (χ3v) is 6.69. The Bertz CT molecular complexity index is 474. The number of likely N-dealkylation sites (tertiary alicyclic amines) is 1. The average molecular weight is 333 g/mol. The van der Waals surface area contributed by atoms with E-state index in [2.05, 4.69) is 0 Å². The van der Waals surface area contributed by atoms with Crippen LogP contribution in [0.2, 0.25) is 0 Å². The van der Waals surface area contributed by atoms with Gasteiger partial charge < -0.3 is 15.4 Å². The van der Waals surface area contributed by atoms with Gasteiger partial charge in [0.25, 0.3) is 0 Å². The second kappa shape index (κ2) is 7.72. The summed E-state index contributed by atoms with van der Waals surface area (Å²) in [4.78, 5) is 13.4. The molecule has 2 aliphatic rings. The van der Waals surface area contributed by atoms with E-state index in [4.69, 9.17) is 10.5 Å². The predicted molar refractivity (Wildman–Crippen MR) is 83.8 cm³/mol. The highest BCUT2D eigenvalue weighted by Crippen LogP contribution is 2.25. The Balaban J connectivity index is 1.86. The molecule has 0 aliphatic carbocycles. The lowest BCUT2D eigenvalue weighted by Gasteiger charge is -2.32. The summed E-state index contributed by atoms with van der Waals surface area (Å²) < 4.78 is 32.5. The Labute approximate surface area is 132 Å². The minimum Gasteiger partial charge on any atom is -0.378 e. The van der Waals surface area contributed by atoms with Crippen LogP contribution in [0, 0.1) is 0 Å². The largest absolute Gasteiger partial charge is 0.378 e. The summed E-state index contributed by atoms with van der Waals surface area (Å²) >= 11 is 0. The molecule has 0 spiro atoms. The highest BCUT2D eigenvalue weighted by atomic mass is 32.2. The van der Waals surface area contributed by atoms with Gasteiger partial charge in [-0.2, -0.15) is 0 Å². The number of carbonyl (C=O) groups is 1. The summed E-state index contributed by atoms with van der Waals surface area (Å²) in [5, 5.41) is -0.588. The average Bonchev–Trinajstić information content (AvgIpc) is 2.90. The van der Waals surface area contributed by atoms with Crippen LogP contribution in [-0.4, -0.2) is 74.2 Å². The standard InChI is InChI=1S/C14H27N3O4S/c1-2-16-11-13(10-14(16)18)22(19,20)17-7-4-12(5-8-17)21-9-3-6-15/h12-13H,2-11,15H2,1H3. The number of ether oxygens (including phenoxy) is 1. The molecule has 1 unspecified atom stereocenters. The molecule has 0 aromatic rings. The van der Waals surface area contributed by atoms with E-state index in [-0.39, 0.29) is 18.4 Å². The van der Waals surface area contributed by atoms with E-state index in [9.17, 15) is 13.2 Å². The van der Waals surface area contributed by atoms with Gasteiger partial charge in [-0.3, -0.25) is 4.79 Å². The summed E-state index contributed by atoms with van der Waals surface area (Å²) in [6.45, 7) is 4.97. The second-order valence-corrected chi connectivity index (χ2v) is 8.13. The first-order chi connectivity index (χ1) is 10.5. The van der Waals surface area contributed by atoms with E-state index < -0.39 is 15.3 Å². The zero-order valence-corrected chi connectivity index (χ0v) is 14.1. The summed E-state index contributed by atoms with van der Waals surface area (Å²) in [6, 6.07) is 0. The third-order valence-electron chi connectivity index (χ3n) is 4.44. The smallest absolute Gasteiger partial charge is 0.224 e. The summed E-state index contributed by atoms with van der Waals surface area (Å²) in [7, 11) is -3.39. The Kier molecular flexibility index (Phi) is 6.19. The first-order valence-corrected chi connectivity index (χ1v) is 9.57.